The maximum atomic E-state index is 11.4. The summed E-state index contributed by atoms with van der Waals surface area (Å²) in [7, 11) is -2.95. The molecule has 8 heteroatoms. The first-order chi connectivity index (χ1) is 8.82. The predicted octanol–water partition coefficient (Wildman–Crippen LogP) is -0.388. The molecule has 0 spiro atoms. The zero-order valence-corrected chi connectivity index (χ0v) is 11.8. The van der Waals surface area contributed by atoms with Crippen molar-refractivity contribution in [1.82, 2.24) is 10.2 Å². The molecule has 0 unspecified atom stereocenters. The molecule has 1 aliphatic rings. The van der Waals surface area contributed by atoms with Crippen molar-refractivity contribution in [2.45, 2.75) is 13.8 Å². The Labute approximate surface area is 112 Å². The van der Waals surface area contributed by atoms with E-state index in [2.05, 4.69) is 10.2 Å². The molecule has 2 rings (SSSR count). The van der Waals surface area contributed by atoms with E-state index in [1.807, 2.05) is 11.8 Å². The van der Waals surface area contributed by atoms with Crippen LogP contribution in [0.4, 0.5) is 5.82 Å². The Hall–Kier alpha value is -1.70. The molecule has 0 aromatic carbocycles. The summed E-state index contributed by atoms with van der Waals surface area (Å²) >= 11 is 0. The highest BCUT2D eigenvalue weighted by Gasteiger charge is 2.26. The number of nitrogens with one attached hydrogen (secondary N) is 1. The van der Waals surface area contributed by atoms with E-state index in [0.717, 1.165) is 11.3 Å². The minimum absolute atomic E-state index is 0.0704. The standard InChI is InChI=1S/C11H17N5O2S/c1-7-8(2)14-15-11(9(7)10(12)13)16-3-5-19(17,18)6-4-16/h3-6H2,1-2H3,(H3,12,13). The van der Waals surface area contributed by atoms with Crippen molar-refractivity contribution in [2.75, 3.05) is 29.5 Å². The van der Waals surface area contributed by atoms with E-state index in [-0.39, 0.29) is 17.3 Å². The second-order valence-corrected chi connectivity index (χ2v) is 6.97. The van der Waals surface area contributed by atoms with Gasteiger partial charge in [0.25, 0.3) is 0 Å². The normalized spacial score (nSPS) is 18.3. The molecule has 0 radical (unpaired) electrons. The van der Waals surface area contributed by atoms with Crippen LogP contribution in [-0.2, 0) is 9.84 Å². The van der Waals surface area contributed by atoms with Crippen LogP contribution >= 0.6 is 0 Å². The van der Waals surface area contributed by atoms with Gasteiger partial charge in [-0.3, -0.25) is 5.41 Å². The van der Waals surface area contributed by atoms with Crippen molar-refractivity contribution in [3.8, 4) is 0 Å². The molecule has 2 heterocycles. The number of nitrogen functional groups attached to an aromatic ring is 1. The lowest BCUT2D eigenvalue weighted by atomic mass is 10.1. The fraction of sp³-hybridized carbons (Fsp3) is 0.545. The Morgan fingerprint density at radius 1 is 1.26 bits per heavy atom. The first-order valence-corrected chi connectivity index (χ1v) is 7.77. The van der Waals surface area contributed by atoms with Gasteiger partial charge in [0.15, 0.2) is 15.7 Å². The Bertz CT molecular complexity index is 612. The van der Waals surface area contributed by atoms with Gasteiger partial charge in [0.2, 0.25) is 0 Å². The van der Waals surface area contributed by atoms with Crippen LogP contribution in [0.3, 0.4) is 0 Å². The lowest BCUT2D eigenvalue weighted by Crippen LogP contribution is -2.42. The molecule has 1 aromatic heterocycles. The van der Waals surface area contributed by atoms with E-state index in [0.29, 0.717) is 24.5 Å². The Morgan fingerprint density at radius 3 is 2.37 bits per heavy atom. The summed E-state index contributed by atoms with van der Waals surface area (Å²) in [5, 5.41) is 15.8. The Kier molecular flexibility index (Phi) is 3.44. The molecule has 0 amide bonds. The molecule has 0 bridgehead atoms. The summed E-state index contributed by atoms with van der Waals surface area (Å²) in [6, 6.07) is 0. The van der Waals surface area contributed by atoms with Crippen LogP contribution < -0.4 is 10.6 Å². The van der Waals surface area contributed by atoms with Gasteiger partial charge >= 0.3 is 0 Å². The number of sulfone groups is 1. The van der Waals surface area contributed by atoms with E-state index in [1.165, 1.54) is 0 Å². The van der Waals surface area contributed by atoms with Crippen molar-refractivity contribution >= 4 is 21.5 Å². The van der Waals surface area contributed by atoms with Gasteiger partial charge in [0.05, 0.1) is 22.8 Å². The van der Waals surface area contributed by atoms with E-state index in [1.54, 1.807) is 6.92 Å². The molecular weight excluding hydrogens is 266 g/mol. The summed E-state index contributed by atoms with van der Waals surface area (Å²) < 4.78 is 22.9. The second-order valence-electron chi connectivity index (χ2n) is 4.66. The molecule has 1 fully saturated rings. The topological polar surface area (TPSA) is 113 Å². The van der Waals surface area contributed by atoms with Crippen LogP contribution in [-0.4, -0.2) is 49.0 Å². The second kappa shape index (κ2) is 4.76. The van der Waals surface area contributed by atoms with Crippen LogP contribution in [0.15, 0.2) is 0 Å². The molecule has 0 aliphatic carbocycles. The van der Waals surface area contributed by atoms with E-state index < -0.39 is 9.84 Å². The quantitative estimate of drug-likeness (QED) is 0.564. The smallest absolute Gasteiger partial charge is 0.162 e. The summed E-state index contributed by atoms with van der Waals surface area (Å²) in [4.78, 5) is 1.83. The number of hydrogen-bond donors (Lipinski definition) is 2. The largest absolute Gasteiger partial charge is 0.384 e. The third kappa shape index (κ3) is 2.67. The first kappa shape index (κ1) is 13.7. The lowest BCUT2D eigenvalue weighted by molar-refractivity contribution is 0.586. The number of hydrogen-bond acceptors (Lipinski definition) is 6. The average molecular weight is 283 g/mol. The summed E-state index contributed by atoms with van der Waals surface area (Å²) in [5.74, 6) is 0.627. The molecular formula is C11H17N5O2S. The highest BCUT2D eigenvalue weighted by Crippen LogP contribution is 2.23. The molecule has 7 nitrogen and oxygen atoms in total. The van der Waals surface area contributed by atoms with Gasteiger partial charge in [-0.15, -0.1) is 5.10 Å². The third-order valence-electron chi connectivity index (χ3n) is 3.35. The number of nitrogens with zero attached hydrogens (tertiary/aromatic N) is 3. The lowest BCUT2D eigenvalue weighted by Gasteiger charge is -2.29. The minimum atomic E-state index is -2.95. The average Bonchev–Trinajstić information content (AvgIpc) is 2.32. The van der Waals surface area contributed by atoms with Crippen molar-refractivity contribution in [2.24, 2.45) is 5.73 Å². The van der Waals surface area contributed by atoms with Gasteiger partial charge in [0, 0.05) is 13.1 Å². The molecule has 0 atom stereocenters. The molecule has 19 heavy (non-hydrogen) atoms. The van der Waals surface area contributed by atoms with Gasteiger partial charge in [0.1, 0.15) is 5.84 Å². The van der Waals surface area contributed by atoms with Crippen molar-refractivity contribution in [3.63, 3.8) is 0 Å². The maximum absolute atomic E-state index is 11.4. The Morgan fingerprint density at radius 2 is 1.84 bits per heavy atom. The fourth-order valence-electron chi connectivity index (χ4n) is 2.06. The maximum Gasteiger partial charge on any atom is 0.162 e. The van der Waals surface area contributed by atoms with Crippen LogP contribution in [0.1, 0.15) is 16.8 Å². The van der Waals surface area contributed by atoms with Crippen molar-refractivity contribution in [1.29, 1.82) is 5.41 Å². The van der Waals surface area contributed by atoms with Gasteiger partial charge in [-0.2, -0.15) is 5.10 Å². The highest BCUT2D eigenvalue weighted by molar-refractivity contribution is 7.91. The van der Waals surface area contributed by atoms with E-state index >= 15 is 0 Å². The summed E-state index contributed by atoms with van der Waals surface area (Å²) in [5.41, 5.74) is 7.69. The van der Waals surface area contributed by atoms with Gasteiger partial charge in [-0.25, -0.2) is 8.42 Å². The van der Waals surface area contributed by atoms with E-state index in [9.17, 15) is 8.42 Å². The molecule has 1 saturated heterocycles. The number of anilines is 1. The summed E-state index contributed by atoms with van der Waals surface area (Å²) in [6.45, 7) is 4.36. The van der Waals surface area contributed by atoms with Crippen LogP contribution in [0.25, 0.3) is 0 Å². The van der Waals surface area contributed by atoms with Crippen molar-refractivity contribution in [3.05, 3.63) is 16.8 Å². The number of amidine groups is 1. The highest BCUT2D eigenvalue weighted by atomic mass is 32.2. The molecule has 1 aromatic rings. The number of aryl methyl sites for hydroxylation is 1. The number of aromatic nitrogens is 2. The number of nitrogens with two attached hydrogens (primary N) is 1. The molecule has 0 saturated carbocycles. The van der Waals surface area contributed by atoms with Gasteiger partial charge < -0.3 is 10.6 Å². The third-order valence-corrected chi connectivity index (χ3v) is 4.96. The Balaban J connectivity index is 2.41. The predicted molar refractivity (Wildman–Crippen MR) is 73.4 cm³/mol. The monoisotopic (exact) mass is 283 g/mol. The SMILES string of the molecule is Cc1nnc(N2CCS(=O)(=O)CC2)c(C(=N)N)c1C. The molecule has 1 aliphatic heterocycles. The zero-order valence-electron chi connectivity index (χ0n) is 11.0. The fourth-order valence-corrected chi connectivity index (χ4v) is 3.27. The van der Waals surface area contributed by atoms with Gasteiger partial charge in [-0.1, -0.05) is 0 Å². The van der Waals surface area contributed by atoms with Crippen molar-refractivity contribution < 1.29 is 8.42 Å². The zero-order chi connectivity index (χ0) is 14.2. The van der Waals surface area contributed by atoms with Crippen LogP contribution in [0, 0.1) is 19.3 Å². The molecule has 3 N–H and O–H groups in total. The van der Waals surface area contributed by atoms with Crippen LogP contribution in [0.2, 0.25) is 0 Å². The van der Waals surface area contributed by atoms with Crippen LogP contribution in [0.5, 0.6) is 0 Å². The number of rotatable bonds is 2. The summed E-state index contributed by atoms with van der Waals surface area (Å²) in [6.07, 6.45) is 0. The first-order valence-electron chi connectivity index (χ1n) is 5.95. The molecule has 104 valence electrons. The van der Waals surface area contributed by atoms with E-state index in [4.69, 9.17) is 11.1 Å². The minimum Gasteiger partial charge on any atom is -0.384 e. The van der Waals surface area contributed by atoms with Gasteiger partial charge in [-0.05, 0) is 19.4 Å².